The van der Waals surface area contributed by atoms with Gasteiger partial charge in [0.25, 0.3) is 11.5 Å². The van der Waals surface area contributed by atoms with E-state index in [2.05, 4.69) is 24.5 Å². The van der Waals surface area contributed by atoms with Crippen LogP contribution < -0.4 is 26.6 Å². The van der Waals surface area contributed by atoms with E-state index in [0.29, 0.717) is 39.9 Å². The molecule has 4 unspecified atom stereocenters. The molecule has 316 valence electrons. The smallest absolute Gasteiger partial charge is 0.330 e. The molecular formula is C46H57ClFN5O6. The number of anilines is 1. The van der Waals surface area contributed by atoms with E-state index in [1.54, 1.807) is 38.3 Å². The van der Waals surface area contributed by atoms with Crippen LogP contribution in [0.5, 0.6) is 5.88 Å². The molecule has 0 spiro atoms. The number of halogens is 2. The van der Waals surface area contributed by atoms with Gasteiger partial charge in [-0.3, -0.25) is 19.0 Å². The van der Waals surface area contributed by atoms with Crippen LogP contribution in [-0.2, 0) is 25.3 Å². The van der Waals surface area contributed by atoms with E-state index in [0.717, 1.165) is 97.3 Å². The topological polar surface area (TPSA) is 145 Å². The van der Waals surface area contributed by atoms with Crippen LogP contribution in [0.15, 0.2) is 52.2 Å². The molecule has 1 saturated heterocycles. The number of hydrogen-bond donors (Lipinski definition) is 3. The van der Waals surface area contributed by atoms with E-state index in [-0.39, 0.29) is 46.0 Å². The van der Waals surface area contributed by atoms with Crippen LogP contribution in [0, 0.1) is 24.6 Å². The van der Waals surface area contributed by atoms with E-state index in [1.807, 2.05) is 6.07 Å². The van der Waals surface area contributed by atoms with Crippen molar-refractivity contribution in [1.82, 2.24) is 19.4 Å². The van der Waals surface area contributed by atoms with Gasteiger partial charge in [0.05, 0.1) is 17.8 Å². The fourth-order valence-electron chi connectivity index (χ4n) is 9.21. The number of piperidine rings is 1. The summed E-state index contributed by atoms with van der Waals surface area (Å²) >= 11 is 7.09. The van der Waals surface area contributed by atoms with Crippen LogP contribution in [0.25, 0.3) is 22.4 Å². The van der Waals surface area contributed by atoms with Crippen LogP contribution in [0.2, 0.25) is 5.02 Å². The summed E-state index contributed by atoms with van der Waals surface area (Å²) in [7, 11) is 4.38. The molecule has 6 rings (SSSR count). The van der Waals surface area contributed by atoms with Crippen molar-refractivity contribution in [3.8, 4) is 28.3 Å². The molecule has 11 nitrogen and oxygen atoms in total. The predicted octanol–water partition coefficient (Wildman–Crippen LogP) is 8.24. The summed E-state index contributed by atoms with van der Waals surface area (Å²) in [6, 6.07) is 10.1. The van der Waals surface area contributed by atoms with Gasteiger partial charge >= 0.3 is 5.69 Å². The highest BCUT2D eigenvalue weighted by Gasteiger charge is 2.39. The maximum absolute atomic E-state index is 15.8. The number of aryl methyl sites for hydroxylation is 2. The number of benzene rings is 2. The number of aliphatic hydroxyl groups is 1. The molecule has 2 amide bonds. The Morgan fingerprint density at radius 2 is 1.90 bits per heavy atom. The second-order valence-corrected chi connectivity index (χ2v) is 16.8. The second kappa shape index (κ2) is 18.6. The standard InChI is InChI=1S/C46H57ClFN5O6/c1-7-28(19-21-46(8-2)22-20-29(41(55)51-46)12-9-10-23-54)24-30-15-16-31-25-37(50-43(59-6)38(30)31)33-17-18-35(48)39(40(33)47)32-13-11-14-36(27(32)3)49-42(56)34-26-52(4)45(58)53(5)44(34)57/h11,13-14,17-18,25-26,28-30,54H,7-10,12,15-16,19-24H2,1-6H3,(H,49,56)(H,51,55). The number of aliphatic hydroxyl groups excluding tert-OH is 1. The highest BCUT2D eigenvalue weighted by molar-refractivity contribution is 6.36. The van der Waals surface area contributed by atoms with Crippen molar-refractivity contribution in [1.29, 1.82) is 0 Å². The number of nitrogens with one attached hydrogen (secondary N) is 2. The van der Waals surface area contributed by atoms with Crippen molar-refractivity contribution in [3.63, 3.8) is 0 Å². The van der Waals surface area contributed by atoms with Crippen molar-refractivity contribution >= 4 is 29.1 Å². The van der Waals surface area contributed by atoms with Crippen LogP contribution >= 0.6 is 11.6 Å². The summed E-state index contributed by atoms with van der Waals surface area (Å²) in [5.41, 5.74) is 3.17. The molecule has 0 saturated carbocycles. The number of unbranched alkanes of at least 4 members (excludes halogenated alkanes) is 1. The molecular weight excluding hydrogens is 773 g/mol. The van der Waals surface area contributed by atoms with E-state index in [4.69, 9.17) is 26.4 Å². The highest BCUT2D eigenvalue weighted by atomic mass is 35.5. The number of carbonyl (C=O) groups excluding carboxylic acids is 2. The van der Waals surface area contributed by atoms with Crippen molar-refractivity contribution in [2.24, 2.45) is 25.9 Å². The molecule has 4 aromatic rings. The average molecular weight is 830 g/mol. The Labute approximate surface area is 350 Å². The lowest BCUT2D eigenvalue weighted by Gasteiger charge is -2.41. The highest BCUT2D eigenvalue weighted by Crippen LogP contribution is 2.47. The molecule has 0 radical (unpaired) electrons. The van der Waals surface area contributed by atoms with Gasteiger partial charge < -0.3 is 25.0 Å². The Kier molecular flexibility index (Phi) is 13.8. The van der Waals surface area contributed by atoms with Gasteiger partial charge in [-0.2, -0.15) is 0 Å². The molecule has 3 heterocycles. The zero-order valence-corrected chi connectivity index (χ0v) is 35.8. The molecule has 0 bridgehead atoms. The Bertz CT molecular complexity index is 2340. The second-order valence-electron chi connectivity index (χ2n) is 16.5. The molecule has 1 aliphatic heterocycles. The Hall–Kier alpha value is -4.81. The molecule has 2 aliphatic rings. The van der Waals surface area contributed by atoms with E-state index in [9.17, 15) is 19.2 Å². The summed E-state index contributed by atoms with van der Waals surface area (Å²) in [4.78, 5) is 56.3. The Morgan fingerprint density at radius 3 is 2.59 bits per heavy atom. The first-order chi connectivity index (χ1) is 28.3. The lowest BCUT2D eigenvalue weighted by atomic mass is 9.75. The zero-order chi connectivity index (χ0) is 42.6. The molecule has 2 aromatic heterocycles. The third-order valence-electron chi connectivity index (χ3n) is 13.0. The number of ether oxygens (including phenoxy) is 1. The average Bonchev–Trinajstić information content (AvgIpc) is 3.64. The lowest BCUT2D eigenvalue weighted by Crippen LogP contribution is -2.54. The van der Waals surface area contributed by atoms with E-state index >= 15 is 4.39 Å². The van der Waals surface area contributed by atoms with Crippen LogP contribution in [-0.4, -0.2) is 50.3 Å². The van der Waals surface area contributed by atoms with Gasteiger partial charge in [0.15, 0.2) is 0 Å². The SMILES string of the molecule is CCC(CCC1(CC)CCC(CCCCO)C(=O)N1)CC1CCc2cc(-c3ccc(F)c(-c4cccc(NC(=O)c5cn(C)c(=O)n(C)c5=O)c4C)c3Cl)nc(OC)c21. The van der Waals surface area contributed by atoms with Gasteiger partial charge in [-0.15, -0.1) is 0 Å². The largest absolute Gasteiger partial charge is 0.481 e. The first-order valence-electron chi connectivity index (χ1n) is 20.9. The number of methoxy groups -OCH3 is 1. The summed E-state index contributed by atoms with van der Waals surface area (Å²) < 4.78 is 23.8. The number of amides is 2. The van der Waals surface area contributed by atoms with Gasteiger partial charge in [-0.25, -0.2) is 14.2 Å². The van der Waals surface area contributed by atoms with Crippen LogP contribution in [0.1, 0.15) is 117 Å². The first kappa shape index (κ1) is 43.8. The number of fused-ring (bicyclic) bond motifs is 1. The van der Waals surface area contributed by atoms with Gasteiger partial charge in [0.1, 0.15) is 11.4 Å². The number of hydrogen-bond acceptors (Lipinski definition) is 7. The number of carbonyl (C=O) groups is 2. The normalized spacial score (nSPS) is 19.3. The predicted molar refractivity (Wildman–Crippen MR) is 230 cm³/mol. The Morgan fingerprint density at radius 1 is 1.12 bits per heavy atom. The fraction of sp³-hybridized carbons (Fsp3) is 0.500. The van der Waals surface area contributed by atoms with Gasteiger partial charge in [-0.05, 0) is 124 Å². The zero-order valence-electron chi connectivity index (χ0n) is 35.1. The molecule has 3 N–H and O–H groups in total. The number of rotatable bonds is 16. The molecule has 1 aliphatic carbocycles. The van der Waals surface area contributed by atoms with Crippen LogP contribution in [0.4, 0.5) is 10.1 Å². The van der Waals surface area contributed by atoms with Crippen LogP contribution in [0.3, 0.4) is 0 Å². The summed E-state index contributed by atoms with van der Waals surface area (Å²) in [6.07, 6.45) is 12.2. The molecule has 59 heavy (non-hydrogen) atoms. The number of aromatic nitrogens is 3. The summed E-state index contributed by atoms with van der Waals surface area (Å²) in [5.74, 6) is 0.209. The minimum Gasteiger partial charge on any atom is -0.481 e. The van der Waals surface area contributed by atoms with Crippen molar-refractivity contribution < 1.29 is 23.8 Å². The maximum atomic E-state index is 15.8. The Balaban J connectivity index is 1.21. The summed E-state index contributed by atoms with van der Waals surface area (Å²) in [6.45, 7) is 6.31. The summed E-state index contributed by atoms with van der Waals surface area (Å²) in [5, 5.41) is 15.5. The third kappa shape index (κ3) is 9.04. The van der Waals surface area contributed by atoms with E-state index in [1.165, 1.54) is 26.4 Å². The molecule has 1 fully saturated rings. The number of nitrogens with zero attached hydrogens (tertiary/aromatic N) is 3. The minimum absolute atomic E-state index is 0.0356. The minimum atomic E-state index is -0.730. The molecule has 2 aromatic carbocycles. The van der Waals surface area contributed by atoms with Crippen molar-refractivity contribution in [2.45, 2.75) is 109 Å². The first-order valence-corrected chi connectivity index (χ1v) is 21.3. The number of pyridine rings is 1. The van der Waals surface area contributed by atoms with Gasteiger partial charge in [0, 0.05) is 60.7 Å². The molecule has 13 heteroatoms. The maximum Gasteiger partial charge on any atom is 0.330 e. The van der Waals surface area contributed by atoms with Crippen molar-refractivity contribution in [3.05, 3.63) is 96.5 Å². The fourth-order valence-corrected chi connectivity index (χ4v) is 9.56. The quantitative estimate of drug-likeness (QED) is 0.0966. The van der Waals surface area contributed by atoms with Gasteiger partial charge in [0.2, 0.25) is 11.8 Å². The lowest BCUT2D eigenvalue weighted by molar-refractivity contribution is -0.130. The monoisotopic (exact) mass is 829 g/mol. The van der Waals surface area contributed by atoms with Crippen molar-refractivity contribution in [2.75, 3.05) is 19.0 Å². The van der Waals surface area contributed by atoms with Gasteiger partial charge in [-0.1, -0.05) is 50.4 Å². The molecule has 4 atom stereocenters. The third-order valence-corrected chi connectivity index (χ3v) is 13.4. The van der Waals surface area contributed by atoms with E-state index < -0.39 is 23.0 Å².